The van der Waals surface area contributed by atoms with Gasteiger partial charge in [-0.15, -0.1) is 0 Å². The van der Waals surface area contributed by atoms with Crippen molar-refractivity contribution < 1.29 is 14.7 Å². The van der Waals surface area contributed by atoms with E-state index in [0.29, 0.717) is 13.1 Å². The van der Waals surface area contributed by atoms with Gasteiger partial charge in [0.1, 0.15) is 0 Å². The quantitative estimate of drug-likeness (QED) is 0.659. The minimum atomic E-state index is -0.732. The van der Waals surface area contributed by atoms with Gasteiger partial charge in [0.2, 0.25) is 0 Å². The van der Waals surface area contributed by atoms with E-state index in [1.165, 1.54) is 24.8 Å². The third-order valence-electron chi connectivity index (χ3n) is 4.62. The van der Waals surface area contributed by atoms with Crippen LogP contribution in [0.25, 0.3) is 0 Å². The molecular formula is C16H26N2O3. The molecule has 118 valence electrons. The average molecular weight is 294 g/mol. The third-order valence-corrected chi connectivity index (χ3v) is 4.62. The first-order valence-electron chi connectivity index (χ1n) is 8.09. The summed E-state index contributed by atoms with van der Waals surface area (Å²) in [5.41, 5.74) is 1.45. The lowest BCUT2D eigenvalue weighted by molar-refractivity contribution is -0.142. The number of hydrogen-bond acceptors (Lipinski definition) is 2. The van der Waals surface area contributed by atoms with Gasteiger partial charge in [-0.05, 0) is 50.9 Å². The zero-order valence-electron chi connectivity index (χ0n) is 12.6. The molecule has 0 radical (unpaired) electrons. The number of rotatable bonds is 6. The highest BCUT2D eigenvalue weighted by atomic mass is 16.4. The number of aliphatic carboxylic acids is 1. The fourth-order valence-corrected chi connectivity index (χ4v) is 3.36. The fraction of sp³-hybridized carbons (Fsp3) is 0.750. The average Bonchev–Trinajstić information content (AvgIpc) is 2.95. The lowest BCUT2D eigenvalue weighted by Crippen LogP contribution is -2.40. The smallest absolute Gasteiger partial charge is 0.314 e. The minimum Gasteiger partial charge on any atom is -0.481 e. The molecule has 0 aliphatic heterocycles. The van der Waals surface area contributed by atoms with Crippen molar-refractivity contribution in [1.29, 1.82) is 0 Å². The summed E-state index contributed by atoms with van der Waals surface area (Å²) in [6.07, 6.45) is 10.7. The van der Waals surface area contributed by atoms with E-state index in [1.807, 2.05) is 0 Å². The van der Waals surface area contributed by atoms with Crippen molar-refractivity contribution in [2.75, 3.05) is 13.1 Å². The van der Waals surface area contributed by atoms with Crippen molar-refractivity contribution in [2.24, 2.45) is 11.8 Å². The van der Waals surface area contributed by atoms with E-state index in [2.05, 4.69) is 16.7 Å². The molecule has 0 saturated heterocycles. The van der Waals surface area contributed by atoms with E-state index in [-0.39, 0.29) is 17.9 Å². The maximum atomic E-state index is 11.7. The van der Waals surface area contributed by atoms with Gasteiger partial charge >= 0.3 is 12.0 Å². The Kier molecular flexibility index (Phi) is 6.08. The highest BCUT2D eigenvalue weighted by Gasteiger charge is 2.32. The Bertz CT molecular complexity index is 406. The molecule has 1 fully saturated rings. The number of carboxylic acid groups (broad SMARTS) is 1. The molecule has 2 aliphatic rings. The molecule has 2 rings (SSSR count). The topological polar surface area (TPSA) is 78.4 Å². The Morgan fingerprint density at radius 1 is 1.19 bits per heavy atom. The van der Waals surface area contributed by atoms with Crippen LogP contribution in [0.3, 0.4) is 0 Å². The van der Waals surface area contributed by atoms with Gasteiger partial charge in [0.05, 0.1) is 5.92 Å². The predicted molar refractivity (Wildman–Crippen MR) is 81.0 cm³/mol. The fourth-order valence-electron chi connectivity index (χ4n) is 3.36. The Labute approximate surface area is 126 Å². The molecule has 2 amide bonds. The molecule has 2 unspecified atom stereocenters. The molecule has 3 N–H and O–H groups in total. The highest BCUT2D eigenvalue weighted by Crippen LogP contribution is 2.31. The lowest BCUT2D eigenvalue weighted by Gasteiger charge is -2.17. The van der Waals surface area contributed by atoms with E-state index in [9.17, 15) is 9.59 Å². The Morgan fingerprint density at radius 2 is 2.05 bits per heavy atom. The first-order valence-corrected chi connectivity index (χ1v) is 8.09. The normalized spacial score (nSPS) is 25.2. The van der Waals surface area contributed by atoms with Gasteiger partial charge in [0.15, 0.2) is 0 Å². The molecular weight excluding hydrogens is 268 g/mol. The van der Waals surface area contributed by atoms with Gasteiger partial charge in [0, 0.05) is 13.1 Å². The van der Waals surface area contributed by atoms with Crippen molar-refractivity contribution >= 4 is 12.0 Å². The third kappa shape index (κ3) is 5.06. The van der Waals surface area contributed by atoms with Gasteiger partial charge in [-0.3, -0.25) is 4.79 Å². The van der Waals surface area contributed by atoms with E-state index >= 15 is 0 Å². The largest absolute Gasteiger partial charge is 0.481 e. The molecule has 5 nitrogen and oxygen atoms in total. The van der Waals surface area contributed by atoms with Crippen LogP contribution in [0.4, 0.5) is 4.79 Å². The number of carbonyl (C=O) groups is 2. The number of amides is 2. The summed E-state index contributed by atoms with van der Waals surface area (Å²) in [5.74, 6) is -0.948. The van der Waals surface area contributed by atoms with Gasteiger partial charge in [0.25, 0.3) is 0 Å². The monoisotopic (exact) mass is 294 g/mol. The summed E-state index contributed by atoms with van der Waals surface area (Å²) in [5, 5.41) is 14.8. The first-order chi connectivity index (χ1) is 10.2. The Hall–Kier alpha value is -1.52. The van der Waals surface area contributed by atoms with Gasteiger partial charge < -0.3 is 15.7 Å². The molecule has 0 aromatic carbocycles. The van der Waals surface area contributed by atoms with Crippen LogP contribution in [-0.2, 0) is 4.79 Å². The van der Waals surface area contributed by atoms with Gasteiger partial charge in [-0.1, -0.05) is 18.1 Å². The molecule has 2 atom stereocenters. The maximum Gasteiger partial charge on any atom is 0.314 e. The van der Waals surface area contributed by atoms with Crippen molar-refractivity contribution in [3.05, 3.63) is 11.6 Å². The molecule has 0 heterocycles. The summed E-state index contributed by atoms with van der Waals surface area (Å²) >= 11 is 0. The highest BCUT2D eigenvalue weighted by molar-refractivity contribution is 5.74. The van der Waals surface area contributed by atoms with E-state index in [4.69, 9.17) is 5.11 Å². The second-order valence-electron chi connectivity index (χ2n) is 6.13. The zero-order valence-corrected chi connectivity index (χ0v) is 12.6. The van der Waals surface area contributed by atoms with Crippen LogP contribution < -0.4 is 10.6 Å². The van der Waals surface area contributed by atoms with Crippen LogP contribution in [0.15, 0.2) is 11.6 Å². The second-order valence-corrected chi connectivity index (χ2v) is 6.13. The summed E-state index contributed by atoms with van der Waals surface area (Å²) in [4.78, 5) is 22.8. The molecule has 5 heteroatoms. The van der Waals surface area contributed by atoms with Crippen molar-refractivity contribution in [3.8, 4) is 0 Å². The van der Waals surface area contributed by atoms with Crippen LogP contribution in [0.1, 0.15) is 51.4 Å². The number of nitrogens with one attached hydrogen (secondary N) is 2. The number of hydrogen-bond donors (Lipinski definition) is 3. The van der Waals surface area contributed by atoms with Crippen LogP contribution >= 0.6 is 0 Å². The Balaban J connectivity index is 1.61. The van der Waals surface area contributed by atoms with Crippen LogP contribution in [0.2, 0.25) is 0 Å². The number of allylic oxidation sites excluding steroid dienone is 1. The molecule has 0 spiro atoms. The Morgan fingerprint density at radius 3 is 2.76 bits per heavy atom. The van der Waals surface area contributed by atoms with E-state index < -0.39 is 5.97 Å². The van der Waals surface area contributed by atoms with Crippen molar-refractivity contribution in [3.63, 3.8) is 0 Å². The molecule has 2 aliphatic carbocycles. The first kappa shape index (κ1) is 15.9. The molecule has 0 aromatic heterocycles. The molecule has 0 bridgehead atoms. The van der Waals surface area contributed by atoms with E-state index in [0.717, 1.165) is 32.1 Å². The zero-order chi connectivity index (χ0) is 15.1. The summed E-state index contributed by atoms with van der Waals surface area (Å²) in [6.45, 7) is 1.12. The summed E-state index contributed by atoms with van der Waals surface area (Å²) in [7, 11) is 0. The summed E-state index contributed by atoms with van der Waals surface area (Å²) in [6, 6.07) is -0.178. The number of carboxylic acids is 1. The maximum absolute atomic E-state index is 11.7. The summed E-state index contributed by atoms with van der Waals surface area (Å²) < 4.78 is 0. The number of urea groups is 1. The minimum absolute atomic E-state index is 0.0781. The lowest BCUT2D eigenvalue weighted by atomic mass is 9.96. The van der Waals surface area contributed by atoms with Crippen LogP contribution in [0, 0.1) is 11.8 Å². The van der Waals surface area contributed by atoms with Crippen LogP contribution in [0.5, 0.6) is 0 Å². The van der Waals surface area contributed by atoms with E-state index in [1.54, 1.807) is 0 Å². The molecule has 0 aromatic rings. The van der Waals surface area contributed by atoms with Crippen molar-refractivity contribution in [1.82, 2.24) is 10.6 Å². The molecule has 21 heavy (non-hydrogen) atoms. The van der Waals surface area contributed by atoms with Gasteiger partial charge in [-0.2, -0.15) is 0 Å². The van der Waals surface area contributed by atoms with Crippen molar-refractivity contribution in [2.45, 2.75) is 51.4 Å². The predicted octanol–water partition coefficient (Wildman–Crippen LogP) is 2.68. The SMILES string of the molecule is O=C(NCCC1=CCCCC1)NCC1CCCC1C(=O)O. The molecule has 1 saturated carbocycles. The van der Waals surface area contributed by atoms with Gasteiger partial charge in [-0.25, -0.2) is 4.79 Å². The second kappa shape index (κ2) is 8.05. The van der Waals surface area contributed by atoms with Crippen LogP contribution in [-0.4, -0.2) is 30.2 Å². The number of carbonyl (C=O) groups excluding carboxylic acids is 1. The standard InChI is InChI=1S/C16H26N2O3/c19-15(20)14-8-4-7-13(14)11-18-16(21)17-10-9-12-5-2-1-3-6-12/h5,13-14H,1-4,6-11H2,(H,19,20)(H2,17,18,21).